The molecule has 5 nitrogen and oxygen atoms in total. The maximum absolute atomic E-state index is 5.51. The summed E-state index contributed by atoms with van der Waals surface area (Å²) in [4.78, 5) is 4.32. The number of halogens is 1. The Morgan fingerprint density at radius 1 is 1.20 bits per heavy atom. The minimum Gasteiger partial charge on any atom is -0.454 e. The van der Waals surface area contributed by atoms with E-state index in [9.17, 15) is 0 Å². The molecule has 1 aromatic carbocycles. The summed E-state index contributed by atoms with van der Waals surface area (Å²) in [6, 6.07) is 8.42. The molecule has 2 N–H and O–H groups in total. The van der Waals surface area contributed by atoms with Crippen LogP contribution in [0.1, 0.15) is 24.0 Å². The zero-order chi connectivity index (χ0) is 16.4. The Morgan fingerprint density at radius 3 is 2.76 bits per heavy atom. The Hall–Kier alpha value is -1.48. The molecule has 1 fully saturated rings. The number of fused-ring (bicyclic) bond motifs is 1. The van der Waals surface area contributed by atoms with E-state index in [1.165, 1.54) is 24.0 Å². The molecular weight excluding hydrogens is 449 g/mol. The van der Waals surface area contributed by atoms with Crippen LogP contribution in [0.5, 0.6) is 11.5 Å². The summed E-state index contributed by atoms with van der Waals surface area (Å²) in [5.74, 6) is 2.54. The number of hydrogen-bond donors (Lipinski definition) is 2. The Morgan fingerprint density at radius 2 is 2.04 bits per heavy atom. The van der Waals surface area contributed by atoms with Gasteiger partial charge in [0.05, 0.1) is 0 Å². The van der Waals surface area contributed by atoms with Crippen LogP contribution in [-0.4, -0.2) is 26.3 Å². The zero-order valence-corrected chi connectivity index (χ0v) is 17.2. The van der Waals surface area contributed by atoms with Crippen LogP contribution >= 0.6 is 35.3 Å². The summed E-state index contributed by atoms with van der Waals surface area (Å²) < 4.78 is 10.9. The van der Waals surface area contributed by atoms with Crippen LogP contribution in [0.3, 0.4) is 0 Å². The highest BCUT2D eigenvalue weighted by atomic mass is 127. The first-order valence-corrected chi connectivity index (χ1v) is 9.09. The average molecular weight is 471 g/mol. The molecule has 0 radical (unpaired) electrons. The van der Waals surface area contributed by atoms with Crippen molar-refractivity contribution in [2.45, 2.75) is 24.8 Å². The molecule has 0 bridgehead atoms. The molecule has 2 aromatic rings. The van der Waals surface area contributed by atoms with Gasteiger partial charge in [0.2, 0.25) is 6.79 Å². The van der Waals surface area contributed by atoms with Crippen molar-refractivity contribution in [3.63, 3.8) is 0 Å². The highest BCUT2D eigenvalue weighted by molar-refractivity contribution is 14.0. The molecule has 134 valence electrons. The Bertz CT molecular complexity index is 745. The first-order valence-electron chi connectivity index (χ1n) is 8.15. The third-order valence-corrected chi connectivity index (χ3v) is 5.43. The van der Waals surface area contributed by atoms with E-state index < -0.39 is 0 Å². The van der Waals surface area contributed by atoms with E-state index >= 15 is 0 Å². The highest BCUT2D eigenvalue weighted by Crippen LogP contribution is 2.49. The minimum absolute atomic E-state index is 0. The smallest absolute Gasteiger partial charge is 0.231 e. The van der Waals surface area contributed by atoms with Gasteiger partial charge in [-0.25, -0.2) is 0 Å². The molecule has 25 heavy (non-hydrogen) atoms. The molecule has 0 atom stereocenters. The van der Waals surface area contributed by atoms with Crippen LogP contribution in [0.25, 0.3) is 0 Å². The number of aliphatic imine (C=N–C) groups is 1. The standard InChI is InChI=1S/C18H21N3O2S.HI/c1-19-17(20-9-13-4-7-24-10-13)21-11-18(5-6-18)14-2-3-15-16(8-14)23-12-22-15;/h2-4,7-8,10H,5-6,9,11-12H2,1H3,(H2,19,20,21);1H. The third kappa shape index (κ3) is 4.03. The van der Waals surface area contributed by atoms with Crippen molar-refractivity contribution < 1.29 is 9.47 Å². The average Bonchev–Trinajstić information content (AvgIpc) is 3.01. The van der Waals surface area contributed by atoms with Crippen LogP contribution in [-0.2, 0) is 12.0 Å². The summed E-state index contributed by atoms with van der Waals surface area (Å²) in [5, 5.41) is 11.1. The van der Waals surface area contributed by atoms with E-state index in [2.05, 4.69) is 44.6 Å². The van der Waals surface area contributed by atoms with E-state index in [4.69, 9.17) is 9.47 Å². The first-order chi connectivity index (χ1) is 11.8. The summed E-state index contributed by atoms with van der Waals surface area (Å²) in [7, 11) is 1.81. The van der Waals surface area contributed by atoms with Gasteiger partial charge in [0.1, 0.15) is 0 Å². The molecule has 0 spiro atoms. The van der Waals surface area contributed by atoms with Crippen LogP contribution in [0.2, 0.25) is 0 Å². The predicted molar refractivity (Wildman–Crippen MR) is 111 cm³/mol. The van der Waals surface area contributed by atoms with Gasteiger partial charge in [-0.2, -0.15) is 11.3 Å². The fraction of sp³-hybridized carbons (Fsp3) is 0.389. The molecule has 4 rings (SSSR count). The second-order valence-electron chi connectivity index (χ2n) is 6.26. The lowest BCUT2D eigenvalue weighted by Crippen LogP contribution is -2.40. The van der Waals surface area contributed by atoms with Crippen molar-refractivity contribution in [3.8, 4) is 11.5 Å². The van der Waals surface area contributed by atoms with Crippen molar-refractivity contribution in [1.29, 1.82) is 0 Å². The van der Waals surface area contributed by atoms with E-state index in [1.54, 1.807) is 11.3 Å². The molecule has 0 saturated heterocycles. The lowest BCUT2D eigenvalue weighted by Gasteiger charge is -2.19. The van der Waals surface area contributed by atoms with Crippen molar-refractivity contribution in [2.24, 2.45) is 4.99 Å². The first kappa shape index (κ1) is 18.3. The fourth-order valence-electron chi connectivity index (χ4n) is 3.00. The molecule has 7 heteroatoms. The van der Waals surface area contributed by atoms with Crippen LogP contribution in [0.15, 0.2) is 40.0 Å². The molecule has 1 saturated carbocycles. The second kappa shape index (κ2) is 7.82. The fourth-order valence-corrected chi connectivity index (χ4v) is 3.67. The summed E-state index contributed by atoms with van der Waals surface area (Å²) in [5.41, 5.74) is 2.77. The Kier molecular flexibility index (Phi) is 5.73. The van der Waals surface area contributed by atoms with Gasteiger partial charge in [0.15, 0.2) is 17.5 Å². The number of nitrogens with zero attached hydrogens (tertiary/aromatic N) is 1. The minimum atomic E-state index is 0. The van der Waals surface area contributed by atoms with Gasteiger partial charge in [-0.1, -0.05) is 6.07 Å². The molecule has 0 amide bonds. The van der Waals surface area contributed by atoms with E-state index in [0.717, 1.165) is 30.5 Å². The number of guanidine groups is 1. The monoisotopic (exact) mass is 471 g/mol. The summed E-state index contributed by atoms with van der Waals surface area (Å²) >= 11 is 1.71. The van der Waals surface area contributed by atoms with E-state index in [1.807, 2.05) is 13.1 Å². The van der Waals surface area contributed by atoms with Gasteiger partial charge in [-0.05, 0) is 52.9 Å². The topological polar surface area (TPSA) is 54.9 Å². The third-order valence-electron chi connectivity index (χ3n) is 4.70. The van der Waals surface area contributed by atoms with Gasteiger partial charge >= 0.3 is 0 Å². The quantitative estimate of drug-likeness (QED) is 0.399. The Balaban J connectivity index is 0.00000182. The van der Waals surface area contributed by atoms with Gasteiger partial charge in [0.25, 0.3) is 0 Å². The second-order valence-corrected chi connectivity index (χ2v) is 7.04. The maximum Gasteiger partial charge on any atom is 0.231 e. The lowest BCUT2D eigenvalue weighted by atomic mass is 9.95. The normalized spacial score (nSPS) is 16.9. The number of hydrogen-bond acceptors (Lipinski definition) is 4. The SMILES string of the molecule is CN=C(NCc1ccsc1)NCC1(c2ccc3c(c2)OCO3)CC1.I. The number of ether oxygens (including phenoxy) is 2. The summed E-state index contributed by atoms with van der Waals surface area (Å²) in [6.07, 6.45) is 2.36. The van der Waals surface area contributed by atoms with Crippen LogP contribution in [0, 0.1) is 0 Å². The number of benzene rings is 1. The molecule has 2 aliphatic rings. The molecule has 1 aromatic heterocycles. The van der Waals surface area contributed by atoms with E-state index in [0.29, 0.717) is 6.79 Å². The molecule has 0 unspecified atom stereocenters. The van der Waals surface area contributed by atoms with Crippen molar-refractivity contribution in [2.75, 3.05) is 20.4 Å². The van der Waals surface area contributed by atoms with Crippen molar-refractivity contribution in [3.05, 3.63) is 46.2 Å². The predicted octanol–water partition coefficient (Wildman–Crippen LogP) is 3.49. The maximum atomic E-state index is 5.51. The Labute approximate surface area is 168 Å². The largest absolute Gasteiger partial charge is 0.454 e. The van der Waals surface area contributed by atoms with Gasteiger partial charge < -0.3 is 20.1 Å². The van der Waals surface area contributed by atoms with Gasteiger partial charge in [0, 0.05) is 25.6 Å². The number of thiophene rings is 1. The molecule has 1 aliphatic carbocycles. The summed E-state index contributed by atoms with van der Waals surface area (Å²) in [6.45, 7) is 1.99. The highest BCUT2D eigenvalue weighted by Gasteiger charge is 2.44. The molecule has 1 aliphatic heterocycles. The van der Waals surface area contributed by atoms with Gasteiger partial charge in [-0.3, -0.25) is 4.99 Å². The molecule has 2 heterocycles. The lowest BCUT2D eigenvalue weighted by molar-refractivity contribution is 0.174. The van der Waals surface area contributed by atoms with Crippen molar-refractivity contribution >= 4 is 41.3 Å². The van der Waals surface area contributed by atoms with Crippen LogP contribution in [0.4, 0.5) is 0 Å². The molecular formula is C18H22IN3O2S. The zero-order valence-electron chi connectivity index (χ0n) is 14.1. The number of nitrogens with one attached hydrogen (secondary N) is 2. The van der Waals surface area contributed by atoms with Crippen molar-refractivity contribution in [1.82, 2.24) is 10.6 Å². The number of rotatable bonds is 5. The van der Waals surface area contributed by atoms with Gasteiger partial charge in [-0.15, -0.1) is 24.0 Å². The van der Waals surface area contributed by atoms with E-state index in [-0.39, 0.29) is 29.4 Å². The van der Waals surface area contributed by atoms with Crippen LogP contribution < -0.4 is 20.1 Å².